The number of carbonyl (C=O) groups is 1. The van der Waals surface area contributed by atoms with Gasteiger partial charge in [0.25, 0.3) is 0 Å². The Morgan fingerprint density at radius 1 is 1.34 bits per heavy atom. The third-order valence-electron chi connectivity index (χ3n) is 6.84. The molecule has 1 aromatic carbocycles. The number of nitrogen functional groups attached to an aromatic ring is 1. The van der Waals surface area contributed by atoms with Crippen LogP contribution in [0.15, 0.2) is 36.7 Å². The molecular formula is C24H30ClFN7O6PS. The number of benzene rings is 1. The van der Waals surface area contributed by atoms with E-state index in [1.807, 2.05) is 0 Å². The molecule has 5 N–H and O–H groups in total. The normalized spacial score (nSPS) is 29.1. The number of alkyl halides is 2. The van der Waals surface area contributed by atoms with Crippen LogP contribution < -0.4 is 20.7 Å². The zero-order chi connectivity index (χ0) is 29.7. The number of rotatable bonds is 11. The molecular weight excluding hydrogens is 600 g/mol. The highest BCUT2D eigenvalue weighted by Crippen LogP contribution is 2.69. The number of imidazole rings is 1. The number of nitrogens with zero attached hydrogens (tertiary/aromatic N) is 4. The number of esters is 1. The predicted octanol–water partition coefficient (Wildman–Crippen LogP) is 2.66. The molecule has 3 aromatic rings. The molecule has 17 heteroatoms. The lowest BCUT2D eigenvalue weighted by Gasteiger charge is -2.29. The number of halogens is 2. The van der Waals surface area contributed by atoms with Crippen molar-refractivity contribution in [2.24, 2.45) is 0 Å². The molecule has 2 fully saturated rings. The molecule has 1 aliphatic heterocycles. The predicted molar refractivity (Wildman–Crippen MR) is 153 cm³/mol. The lowest BCUT2D eigenvalue weighted by atomic mass is 10.1. The maximum absolute atomic E-state index is 16.2. The van der Waals surface area contributed by atoms with Gasteiger partial charge in [0, 0.05) is 7.05 Å². The number of fused-ring (bicyclic) bond motifs is 2. The SMILES string of the molecule is CNc1nc(N)nc2c1ncn2[C@@H]1O[C@]2(CCl)C(O[P@@](=S)(N[C@H](C)C(=O)OC(C)C)Oc3ccccc3)[C@]2(O)[C@@H]1F. The van der Waals surface area contributed by atoms with E-state index in [9.17, 15) is 9.90 Å². The van der Waals surface area contributed by atoms with Gasteiger partial charge in [-0.15, -0.1) is 11.6 Å². The number of ether oxygens (including phenoxy) is 2. The number of para-hydroxylation sites is 1. The van der Waals surface area contributed by atoms with Crippen molar-refractivity contribution >= 4 is 58.9 Å². The quantitative estimate of drug-likeness (QED) is 0.139. The number of nitrogens with one attached hydrogen (secondary N) is 2. The minimum Gasteiger partial charge on any atom is -0.462 e. The average Bonchev–Trinajstić information content (AvgIpc) is 3.16. The number of hydrogen-bond donors (Lipinski definition) is 4. The third kappa shape index (κ3) is 5.03. The zero-order valence-corrected chi connectivity index (χ0v) is 25.0. The smallest absolute Gasteiger partial charge is 0.323 e. The highest BCUT2D eigenvalue weighted by Gasteiger charge is 2.89. The highest BCUT2D eigenvalue weighted by atomic mass is 35.5. The van der Waals surface area contributed by atoms with E-state index < -0.39 is 48.4 Å². The summed E-state index contributed by atoms with van der Waals surface area (Å²) >= 11 is 12.0. The van der Waals surface area contributed by atoms with Gasteiger partial charge in [0.1, 0.15) is 23.5 Å². The van der Waals surface area contributed by atoms with Crippen LogP contribution >= 0.6 is 18.2 Å². The molecule has 1 saturated heterocycles. The fourth-order valence-corrected chi connectivity index (χ4v) is 7.99. The molecule has 1 saturated carbocycles. The summed E-state index contributed by atoms with van der Waals surface area (Å²) in [6.07, 6.45) is -3.82. The molecule has 2 aliphatic rings. The van der Waals surface area contributed by atoms with Crippen LogP contribution in [-0.4, -0.2) is 79.1 Å². The van der Waals surface area contributed by atoms with Gasteiger partial charge in [0.15, 0.2) is 35.0 Å². The van der Waals surface area contributed by atoms with Crippen LogP contribution in [0.25, 0.3) is 11.2 Å². The second-order valence-corrected chi connectivity index (χ2v) is 13.3. The van der Waals surface area contributed by atoms with Crippen molar-refractivity contribution in [3.05, 3.63) is 36.7 Å². The Kier molecular flexibility index (Phi) is 7.92. The van der Waals surface area contributed by atoms with Crippen molar-refractivity contribution in [2.75, 3.05) is 24.0 Å². The lowest BCUT2D eigenvalue weighted by Crippen LogP contribution is -2.38. The number of nitrogens with two attached hydrogens (primary N) is 1. The Hall–Kier alpha value is -2.65. The monoisotopic (exact) mass is 629 g/mol. The minimum absolute atomic E-state index is 0.0657. The standard InChI is InChI=1S/C24H30ClFN7O6PS/c1-12(2)36-20(34)13(3)32-40(41,38-14-8-6-5-7-9-14)39-21-23(10-25)24(21,35)16(26)19(37-23)33-11-29-15-17(28-4)30-22(27)31-18(15)33/h5-9,11-13,16,19,21,35H,10H2,1-4H3,(H,32,41)(H3,27,28,30,31)/t13-,16-,19-,21?,23-,24-,40-/m1/s1. The summed E-state index contributed by atoms with van der Waals surface area (Å²) in [7, 11) is 1.63. The largest absolute Gasteiger partial charge is 0.462 e. The summed E-state index contributed by atoms with van der Waals surface area (Å²) < 4.78 is 41.0. The van der Waals surface area contributed by atoms with Gasteiger partial charge in [-0.2, -0.15) is 9.97 Å². The maximum Gasteiger partial charge on any atom is 0.323 e. The van der Waals surface area contributed by atoms with E-state index in [1.54, 1.807) is 51.2 Å². The summed E-state index contributed by atoms with van der Waals surface area (Å²) in [5, 5.41) is 17.4. The molecule has 13 nitrogen and oxygen atoms in total. The first-order valence-electron chi connectivity index (χ1n) is 12.7. The zero-order valence-electron chi connectivity index (χ0n) is 22.5. The van der Waals surface area contributed by atoms with Crippen molar-refractivity contribution in [3.8, 4) is 5.75 Å². The molecule has 7 atom stereocenters. The van der Waals surface area contributed by atoms with Crippen LogP contribution in [0.5, 0.6) is 5.75 Å². The van der Waals surface area contributed by atoms with Gasteiger partial charge < -0.3 is 30.2 Å². The van der Waals surface area contributed by atoms with E-state index in [4.69, 9.17) is 47.7 Å². The summed E-state index contributed by atoms with van der Waals surface area (Å²) in [6, 6.07) is 7.56. The summed E-state index contributed by atoms with van der Waals surface area (Å²) in [6.45, 7) is 1.30. The summed E-state index contributed by atoms with van der Waals surface area (Å²) in [5.41, 5.74) is 2.43. The van der Waals surface area contributed by atoms with Gasteiger partial charge in [-0.05, 0) is 44.7 Å². The fourth-order valence-electron chi connectivity index (χ4n) is 4.83. The Morgan fingerprint density at radius 2 is 2.05 bits per heavy atom. The van der Waals surface area contributed by atoms with Gasteiger partial charge in [-0.25, -0.2) is 14.5 Å². The van der Waals surface area contributed by atoms with E-state index in [0.717, 1.165) is 0 Å². The van der Waals surface area contributed by atoms with Gasteiger partial charge in [-0.3, -0.25) is 13.9 Å². The number of carbonyl (C=O) groups excluding carboxylic acids is 1. The van der Waals surface area contributed by atoms with Gasteiger partial charge >= 0.3 is 12.6 Å². The van der Waals surface area contributed by atoms with E-state index in [0.29, 0.717) is 17.1 Å². The molecule has 1 unspecified atom stereocenters. The molecule has 0 radical (unpaired) electrons. The van der Waals surface area contributed by atoms with Crippen LogP contribution in [0.3, 0.4) is 0 Å². The van der Waals surface area contributed by atoms with Crippen molar-refractivity contribution in [1.82, 2.24) is 24.6 Å². The molecule has 0 amide bonds. The molecule has 0 spiro atoms. The van der Waals surface area contributed by atoms with Gasteiger partial charge in [-0.1, -0.05) is 18.2 Å². The Balaban J connectivity index is 1.44. The first kappa shape index (κ1) is 29.8. The van der Waals surface area contributed by atoms with E-state index in [1.165, 1.54) is 17.8 Å². The molecule has 1 aliphatic carbocycles. The molecule has 41 heavy (non-hydrogen) atoms. The van der Waals surface area contributed by atoms with Crippen LogP contribution in [0.1, 0.15) is 27.0 Å². The Labute approximate surface area is 245 Å². The van der Waals surface area contributed by atoms with Crippen LogP contribution in [0.2, 0.25) is 0 Å². The Morgan fingerprint density at radius 3 is 2.66 bits per heavy atom. The van der Waals surface area contributed by atoms with E-state index in [2.05, 4.69) is 25.4 Å². The molecule has 5 rings (SSSR count). The van der Waals surface area contributed by atoms with E-state index >= 15 is 4.39 Å². The maximum atomic E-state index is 16.2. The lowest BCUT2D eigenvalue weighted by molar-refractivity contribution is -0.149. The van der Waals surface area contributed by atoms with Crippen molar-refractivity contribution < 1.29 is 32.8 Å². The fraction of sp³-hybridized carbons (Fsp3) is 0.500. The molecule has 3 heterocycles. The first-order valence-corrected chi connectivity index (χ1v) is 15.9. The number of aliphatic hydroxyl groups is 1. The van der Waals surface area contributed by atoms with Crippen molar-refractivity contribution in [3.63, 3.8) is 0 Å². The van der Waals surface area contributed by atoms with Crippen molar-refractivity contribution in [1.29, 1.82) is 0 Å². The first-order chi connectivity index (χ1) is 19.4. The minimum atomic E-state index is -3.65. The molecule has 222 valence electrons. The second kappa shape index (κ2) is 10.9. The van der Waals surface area contributed by atoms with Crippen LogP contribution in [0.4, 0.5) is 16.2 Å². The number of hydrogen-bond acceptors (Lipinski definition) is 12. The average molecular weight is 630 g/mol. The second-order valence-electron chi connectivity index (χ2n) is 9.99. The van der Waals surface area contributed by atoms with Gasteiger partial charge in [0.05, 0.1) is 18.3 Å². The van der Waals surface area contributed by atoms with Crippen LogP contribution in [0, 0.1) is 0 Å². The number of anilines is 2. The molecule has 0 bridgehead atoms. The summed E-state index contributed by atoms with van der Waals surface area (Å²) in [4.78, 5) is 25.1. The number of aromatic nitrogens is 4. The Bertz CT molecular complexity index is 1500. The van der Waals surface area contributed by atoms with Gasteiger partial charge in [0.2, 0.25) is 5.95 Å². The third-order valence-corrected chi connectivity index (χ3v) is 9.68. The highest BCUT2D eigenvalue weighted by molar-refractivity contribution is 8.09. The molecule has 2 aromatic heterocycles. The topological polar surface area (TPSA) is 168 Å². The van der Waals surface area contributed by atoms with E-state index in [-0.39, 0.29) is 23.6 Å². The summed E-state index contributed by atoms with van der Waals surface area (Å²) in [5.74, 6) is -0.327. The van der Waals surface area contributed by atoms with Crippen LogP contribution in [-0.2, 0) is 30.6 Å². The van der Waals surface area contributed by atoms with Crippen molar-refractivity contribution in [2.45, 2.75) is 62.6 Å².